The molecule has 139 heavy (non-hydrogen) atoms. The van der Waals surface area contributed by atoms with E-state index in [0.717, 1.165) is 61.7 Å². The Labute approximate surface area is 822 Å². The number of fused-ring (bicyclic) bond motifs is 10. The van der Waals surface area contributed by atoms with E-state index in [4.69, 9.17) is 74.3 Å². The van der Waals surface area contributed by atoms with Crippen LogP contribution in [-0.4, -0.2) is 85.8 Å². The van der Waals surface area contributed by atoms with E-state index in [1.807, 2.05) is 12.1 Å². The standard InChI is InChI=1S/C37H56N2O2.C35H50N2O2.2C20H22N2O4.C2H3F3.CH3F/c1-23(2)10-9-11-24(3)28-14-18-37(8)30-12-13-31-34(4,5)32(41-33(40)25-20-26(38)22-27(39)21-25)16-17-35(31,6)29(30)15-19-36(28,37)7;1-21(2)8-7-9-22(3)30-13-15-35(6)31-11-10-24-19-28(39-33(38)25-17-26(36)20-27(37)18-25)16-23(4)32(24)29(31)12-14-34(30,35)5;2*21-15-10-14(11-16(22)12-15)20(24)26-18-8-6-17(7-9-18)25-19(23)13-4-2-1-3-5-13;1-2(3,4)5;1-2/h10,13,20-22,24,28-30,32H,9,11-12,14-19,38-39H2,1-8H3;7,9-11,17-18,20-23,28-30,32H,8,12-16,19,36-37H2,1-6H3;2*1-5,10-12,17-18H,6-9,21-22H2;1H3;1H3/b;9-7+;;;;. The minimum atomic E-state index is -4.00. The van der Waals surface area contributed by atoms with Crippen molar-refractivity contribution in [2.75, 3.05) is 53.0 Å². The third-order valence-corrected chi connectivity index (χ3v) is 33.2. The van der Waals surface area contributed by atoms with Crippen LogP contribution < -0.4 is 45.9 Å². The number of anilines is 8. The molecule has 6 aromatic carbocycles. The Morgan fingerprint density at radius 2 is 0.842 bits per heavy atom. The highest BCUT2D eigenvalue weighted by molar-refractivity contribution is 5.95. The Hall–Kier alpha value is -11.0. The second-order valence-corrected chi connectivity index (χ2v) is 43.8. The molecule has 0 bridgehead atoms. The molecule has 8 fully saturated rings. The monoisotopic (exact) mass is 1920 g/mol. The van der Waals surface area contributed by atoms with Crippen molar-refractivity contribution in [2.24, 2.45) is 91.7 Å². The smallest absolute Gasteiger partial charge is 0.386 e. The van der Waals surface area contributed by atoms with E-state index in [1.165, 1.54) is 87.3 Å². The van der Waals surface area contributed by atoms with E-state index in [1.54, 1.807) is 127 Å². The number of carbonyl (C=O) groups excluding carboxylic acids is 6. The van der Waals surface area contributed by atoms with Crippen LogP contribution in [0.3, 0.4) is 0 Å². The van der Waals surface area contributed by atoms with E-state index in [-0.39, 0.29) is 83.7 Å². The highest BCUT2D eigenvalue weighted by Gasteiger charge is 2.67. The van der Waals surface area contributed by atoms with E-state index in [0.29, 0.717) is 183 Å². The SMILES string of the molecule is CC(C)=CCCC(C)C1CCC2(C)C3CC=C4C(C)(C)C(OC(=O)c5cc(N)cc(N)c5)CCC4(C)C3CCC12C.CC(C)C/C=C/C(C)C1CCC2(C)C3=CC=C4CC(OC(=O)c5cc(N)cc(N)c5)CC(C)C4C3CCC12C.CC(F)(F)F.CF.Nc1cc(N)cc(C(=O)OC2CCC(OC(=O)c3ccccc3)CC2)c1.Nc1cc(N)cc(C(=O)OC2CCC(OC(=O)c3ccccc3)CC2)c1. The number of halogens is 4. The van der Waals surface area contributed by atoms with Crippen LogP contribution in [-0.2, 0) is 28.4 Å². The molecule has 6 aromatic rings. The molecule has 0 amide bonds. The number of hydrogen-bond donors (Lipinski definition) is 8. The molecule has 0 spiro atoms. The first-order valence-electron chi connectivity index (χ1n) is 50.4. The van der Waals surface area contributed by atoms with Crippen LogP contribution in [0.1, 0.15) is 320 Å². The Kier molecular flexibility index (Phi) is 36.0. The molecular formula is C115H156F4N8O12. The van der Waals surface area contributed by atoms with Gasteiger partial charge in [0.15, 0.2) is 0 Å². The van der Waals surface area contributed by atoms with Crippen molar-refractivity contribution in [1.29, 1.82) is 0 Å². The zero-order chi connectivity index (χ0) is 102. The van der Waals surface area contributed by atoms with E-state index < -0.39 is 18.1 Å². The molecule has 0 aromatic heterocycles. The lowest BCUT2D eigenvalue weighted by Gasteiger charge is -2.64. The average molecular weight is 1920 g/mol. The van der Waals surface area contributed by atoms with Crippen LogP contribution in [0.5, 0.6) is 0 Å². The molecule has 20 nitrogen and oxygen atoms in total. The maximum absolute atomic E-state index is 13.2. The Morgan fingerprint density at radius 3 is 1.26 bits per heavy atom. The molecule has 16 atom stereocenters. The van der Waals surface area contributed by atoms with Gasteiger partial charge in [0, 0.05) is 64.3 Å². The number of nitrogen functional groups attached to an aromatic ring is 8. The number of rotatable bonds is 20. The van der Waals surface area contributed by atoms with Gasteiger partial charge in [-0.15, -0.1) is 0 Å². The van der Waals surface area contributed by atoms with E-state index in [2.05, 4.69) is 133 Å². The number of carbonyl (C=O) groups is 6. The van der Waals surface area contributed by atoms with Crippen molar-refractivity contribution in [3.63, 3.8) is 0 Å². The molecule has 10 aliphatic carbocycles. The minimum absolute atomic E-state index is 0.105. The minimum Gasteiger partial charge on any atom is -0.459 e. The van der Waals surface area contributed by atoms with Crippen LogP contribution in [0.25, 0.3) is 0 Å². The molecule has 0 heterocycles. The summed E-state index contributed by atoms with van der Waals surface area (Å²) in [7, 11) is 0.500. The molecule has 16 N–H and O–H groups in total. The molecule has 0 radical (unpaired) electrons. The molecule has 0 saturated heterocycles. The first kappa shape index (κ1) is 108. The van der Waals surface area contributed by atoms with Gasteiger partial charge in [-0.05, 0) is 345 Å². The third kappa shape index (κ3) is 26.2. The first-order valence-corrected chi connectivity index (χ1v) is 50.4. The number of allylic oxidation sites excluding steroid dienone is 8. The van der Waals surface area contributed by atoms with Crippen molar-refractivity contribution < 1.29 is 74.8 Å². The summed E-state index contributed by atoms with van der Waals surface area (Å²) >= 11 is 0. The summed E-state index contributed by atoms with van der Waals surface area (Å²) in [6.07, 6.45) is 34.4. The number of alkyl halides is 4. The van der Waals surface area contributed by atoms with Crippen LogP contribution in [0.15, 0.2) is 192 Å². The van der Waals surface area contributed by atoms with Gasteiger partial charge in [-0.3, -0.25) is 4.39 Å². The van der Waals surface area contributed by atoms with Gasteiger partial charge in [0.05, 0.1) is 40.6 Å². The summed E-state index contributed by atoms with van der Waals surface area (Å²) in [4.78, 5) is 74.8. The molecule has 24 heteroatoms. The Balaban J connectivity index is 0.000000177. The van der Waals surface area contributed by atoms with Gasteiger partial charge in [0.2, 0.25) is 0 Å². The molecule has 756 valence electrons. The molecular weight excluding hydrogens is 1760 g/mol. The number of ether oxygens (including phenoxy) is 6. The molecule has 0 aliphatic heterocycles. The normalized spacial score (nSPS) is 29.3. The van der Waals surface area contributed by atoms with Crippen LogP contribution >= 0.6 is 0 Å². The zero-order valence-corrected chi connectivity index (χ0v) is 84.9. The number of esters is 6. The quantitative estimate of drug-likeness (QED) is 0.0116. The molecule has 10 aliphatic rings. The fraction of sp³-hybridized carbons (Fsp3) is 0.548. The summed E-state index contributed by atoms with van der Waals surface area (Å²) in [5.74, 6) is 4.62. The van der Waals surface area contributed by atoms with Gasteiger partial charge < -0.3 is 74.3 Å². The van der Waals surface area contributed by atoms with E-state index >= 15 is 0 Å². The maximum Gasteiger partial charge on any atom is 0.386 e. The second kappa shape index (κ2) is 46.1. The molecule has 8 saturated carbocycles. The summed E-state index contributed by atoms with van der Waals surface area (Å²) in [5, 5.41) is 0. The number of hydrogen-bond acceptors (Lipinski definition) is 20. The van der Waals surface area contributed by atoms with Crippen molar-refractivity contribution >= 4 is 81.3 Å². The zero-order valence-electron chi connectivity index (χ0n) is 84.9. The number of nitrogens with two attached hydrogens (primary N) is 8. The van der Waals surface area contributed by atoms with Gasteiger partial charge in [0.1, 0.15) is 36.6 Å². The van der Waals surface area contributed by atoms with Crippen molar-refractivity contribution in [1.82, 2.24) is 0 Å². The van der Waals surface area contributed by atoms with Crippen molar-refractivity contribution in [3.8, 4) is 0 Å². The summed E-state index contributed by atoms with van der Waals surface area (Å²) in [5.41, 5.74) is 60.4. The highest BCUT2D eigenvalue weighted by Crippen LogP contribution is 2.75. The predicted octanol–water partition coefficient (Wildman–Crippen LogP) is 26.2. The van der Waals surface area contributed by atoms with Gasteiger partial charge >= 0.3 is 42.0 Å². The second-order valence-electron chi connectivity index (χ2n) is 43.8. The van der Waals surface area contributed by atoms with Gasteiger partial charge in [0.25, 0.3) is 0 Å². The van der Waals surface area contributed by atoms with Gasteiger partial charge in [-0.2, -0.15) is 13.2 Å². The Bertz CT molecular complexity index is 5200. The molecule has 16 rings (SSSR count). The highest BCUT2D eigenvalue weighted by atomic mass is 19.4. The van der Waals surface area contributed by atoms with Gasteiger partial charge in [-0.1, -0.05) is 178 Å². The summed E-state index contributed by atoms with van der Waals surface area (Å²) < 4.78 is 74.9. The van der Waals surface area contributed by atoms with Crippen molar-refractivity contribution in [2.45, 2.75) is 301 Å². The largest absolute Gasteiger partial charge is 0.459 e. The maximum atomic E-state index is 13.2. The fourth-order valence-electron chi connectivity index (χ4n) is 26.1. The van der Waals surface area contributed by atoms with E-state index in [9.17, 15) is 46.3 Å². The first-order chi connectivity index (χ1) is 65.6. The number of benzene rings is 6. The average Bonchev–Trinajstić information content (AvgIpc) is 1.62. The lowest BCUT2D eigenvalue weighted by Crippen LogP contribution is -2.58. The fourth-order valence-corrected chi connectivity index (χ4v) is 26.1. The van der Waals surface area contributed by atoms with Crippen LogP contribution in [0.2, 0.25) is 0 Å². The lowest BCUT2D eigenvalue weighted by molar-refractivity contribution is -0.125. The summed E-state index contributed by atoms with van der Waals surface area (Å²) in [6.45, 7) is 34.3. The lowest BCUT2D eigenvalue weighted by atomic mass is 9.40. The topological polar surface area (TPSA) is 366 Å². The van der Waals surface area contributed by atoms with Crippen LogP contribution in [0.4, 0.5) is 63.1 Å². The van der Waals surface area contributed by atoms with Gasteiger partial charge in [-0.25, -0.2) is 28.8 Å². The predicted molar refractivity (Wildman–Crippen MR) is 549 cm³/mol. The van der Waals surface area contributed by atoms with Crippen molar-refractivity contribution in [3.05, 3.63) is 226 Å². The Morgan fingerprint density at radius 1 is 0.453 bits per heavy atom. The third-order valence-electron chi connectivity index (χ3n) is 33.2. The van der Waals surface area contributed by atoms with Crippen LogP contribution in [0, 0.1) is 91.7 Å². The molecule has 16 unspecified atom stereocenters. The summed E-state index contributed by atoms with van der Waals surface area (Å²) in [6, 6.07) is 37.2.